The number of benzene rings is 2. The van der Waals surface area contributed by atoms with E-state index in [-0.39, 0.29) is 6.61 Å². The first-order valence-electron chi connectivity index (χ1n) is 10.5. The molecule has 0 aliphatic rings. The summed E-state index contributed by atoms with van der Waals surface area (Å²) >= 11 is 7.39. The van der Waals surface area contributed by atoms with E-state index in [1.54, 1.807) is 19.1 Å². The van der Waals surface area contributed by atoms with E-state index in [1.165, 1.54) is 11.3 Å². The van der Waals surface area contributed by atoms with Crippen LogP contribution in [0.3, 0.4) is 0 Å². The molecule has 0 fully saturated rings. The third-order valence-electron chi connectivity index (χ3n) is 5.13. The molecule has 0 bridgehead atoms. The largest absolute Gasteiger partial charge is 0.477 e. The standard InChI is InChI=1S/C25H21ClN2O5S/c1-15-22(27-25(31)32-13-12-17-4-2-3-5-20(17)26)23(28-33-15)18-8-6-16(7-9-18)14-19-10-11-21(34-19)24(29)30/h2-11H,12-14H2,1H3,(H,27,31)(H,29,30). The Morgan fingerprint density at radius 2 is 1.88 bits per heavy atom. The first-order valence-corrected chi connectivity index (χ1v) is 11.6. The van der Waals surface area contributed by atoms with Gasteiger partial charge in [0.2, 0.25) is 0 Å². The minimum atomic E-state index is -0.921. The van der Waals surface area contributed by atoms with Crippen LogP contribution < -0.4 is 5.32 Å². The van der Waals surface area contributed by atoms with Crippen molar-refractivity contribution in [1.82, 2.24) is 5.16 Å². The summed E-state index contributed by atoms with van der Waals surface area (Å²) in [6, 6.07) is 18.5. The lowest BCUT2D eigenvalue weighted by Gasteiger charge is -2.08. The van der Waals surface area contributed by atoms with E-state index in [9.17, 15) is 9.59 Å². The molecule has 0 atom stereocenters. The first kappa shape index (κ1) is 23.5. The maximum absolute atomic E-state index is 12.4. The van der Waals surface area contributed by atoms with Crippen molar-refractivity contribution in [2.24, 2.45) is 0 Å². The van der Waals surface area contributed by atoms with Crippen molar-refractivity contribution in [3.63, 3.8) is 0 Å². The van der Waals surface area contributed by atoms with Crippen LogP contribution in [0.4, 0.5) is 10.5 Å². The van der Waals surface area contributed by atoms with E-state index in [2.05, 4.69) is 10.5 Å². The summed E-state index contributed by atoms with van der Waals surface area (Å²) in [5, 5.41) is 16.5. The predicted octanol–water partition coefficient (Wildman–Crippen LogP) is 6.45. The van der Waals surface area contributed by atoms with Gasteiger partial charge >= 0.3 is 12.1 Å². The highest BCUT2D eigenvalue weighted by atomic mass is 35.5. The third kappa shape index (κ3) is 5.65. The van der Waals surface area contributed by atoms with E-state index in [0.29, 0.717) is 39.9 Å². The highest BCUT2D eigenvalue weighted by molar-refractivity contribution is 7.13. The number of halogens is 1. The molecule has 2 N–H and O–H groups in total. The molecule has 1 amide bonds. The monoisotopic (exact) mass is 496 g/mol. The molecule has 9 heteroatoms. The molecule has 0 saturated heterocycles. The zero-order valence-corrected chi connectivity index (χ0v) is 19.8. The van der Waals surface area contributed by atoms with Crippen LogP contribution in [0.2, 0.25) is 5.02 Å². The fourth-order valence-corrected chi connectivity index (χ4v) is 4.49. The van der Waals surface area contributed by atoms with E-state index < -0.39 is 12.1 Å². The average Bonchev–Trinajstić information content (AvgIpc) is 3.43. The molecule has 0 saturated carbocycles. The molecule has 174 valence electrons. The average molecular weight is 497 g/mol. The molecule has 7 nitrogen and oxygen atoms in total. The number of carboxylic acids is 1. The summed E-state index contributed by atoms with van der Waals surface area (Å²) in [5.74, 6) is -0.461. The normalized spacial score (nSPS) is 10.8. The second kappa shape index (κ2) is 10.5. The Labute approximate surface area is 204 Å². The maximum atomic E-state index is 12.4. The summed E-state index contributed by atoms with van der Waals surface area (Å²) < 4.78 is 10.6. The minimum absolute atomic E-state index is 0.177. The number of nitrogens with one attached hydrogen (secondary N) is 1. The number of hydrogen-bond donors (Lipinski definition) is 2. The lowest BCUT2D eigenvalue weighted by Crippen LogP contribution is -2.16. The Bertz CT molecular complexity index is 1310. The van der Waals surface area contributed by atoms with Crippen LogP contribution >= 0.6 is 22.9 Å². The fraction of sp³-hybridized carbons (Fsp3) is 0.160. The number of ether oxygens (including phenoxy) is 1. The molecule has 34 heavy (non-hydrogen) atoms. The van der Waals surface area contributed by atoms with Crippen molar-refractivity contribution >= 4 is 40.7 Å². The zero-order chi connectivity index (χ0) is 24.1. The second-order valence-electron chi connectivity index (χ2n) is 7.51. The van der Waals surface area contributed by atoms with Crippen LogP contribution in [0.25, 0.3) is 11.3 Å². The molecule has 2 aromatic carbocycles. The van der Waals surface area contributed by atoms with Gasteiger partial charge in [-0.15, -0.1) is 11.3 Å². The molecule has 4 aromatic rings. The lowest BCUT2D eigenvalue weighted by molar-refractivity contribution is 0.0702. The van der Waals surface area contributed by atoms with Crippen molar-refractivity contribution < 1.29 is 24.0 Å². The van der Waals surface area contributed by atoms with Crippen LogP contribution in [0.5, 0.6) is 0 Å². The number of rotatable bonds is 8. The highest BCUT2D eigenvalue weighted by Gasteiger charge is 2.18. The van der Waals surface area contributed by atoms with Crippen molar-refractivity contribution in [3.05, 3.63) is 92.3 Å². The first-order chi connectivity index (χ1) is 16.4. The lowest BCUT2D eigenvalue weighted by atomic mass is 10.1. The van der Waals surface area contributed by atoms with Gasteiger partial charge in [-0.25, -0.2) is 9.59 Å². The number of carboxylic acid groups (broad SMARTS) is 1. The third-order valence-corrected chi connectivity index (χ3v) is 6.57. The van der Waals surface area contributed by atoms with Crippen molar-refractivity contribution in [2.75, 3.05) is 11.9 Å². The Kier molecular flexibility index (Phi) is 7.30. The van der Waals surface area contributed by atoms with E-state index >= 15 is 0 Å². The molecule has 0 aliphatic heterocycles. The molecule has 0 unspecified atom stereocenters. The molecular formula is C25H21ClN2O5S. The number of hydrogen-bond acceptors (Lipinski definition) is 6. The van der Waals surface area contributed by atoms with Gasteiger partial charge in [-0.2, -0.15) is 0 Å². The van der Waals surface area contributed by atoms with Crippen LogP contribution in [-0.2, 0) is 17.6 Å². The Morgan fingerprint density at radius 3 is 2.59 bits per heavy atom. The number of aryl methyl sites for hydroxylation is 1. The molecule has 4 rings (SSSR count). The van der Waals surface area contributed by atoms with Crippen LogP contribution in [0.1, 0.15) is 31.4 Å². The number of carbonyl (C=O) groups excluding carboxylic acids is 1. The Morgan fingerprint density at radius 1 is 1.12 bits per heavy atom. The number of thiophene rings is 1. The summed E-state index contributed by atoms with van der Waals surface area (Å²) in [6.45, 7) is 1.89. The van der Waals surface area contributed by atoms with Gasteiger partial charge in [0.05, 0.1) is 6.61 Å². The Hall–Kier alpha value is -3.62. The topological polar surface area (TPSA) is 102 Å². The highest BCUT2D eigenvalue weighted by Crippen LogP contribution is 2.31. The SMILES string of the molecule is Cc1onc(-c2ccc(Cc3ccc(C(=O)O)s3)cc2)c1NC(=O)OCCc1ccccc1Cl. The predicted molar refractivity (Wildman–Crippen MR) is 131 cm³/mol. The van der Waals surface area contributed by atoms with Gasteiger partial charge in [-0.05, 0) is 36.2 Å². The number of nitrogens with zero attached hydrogens (tertiary/aromatic N) is 1. The quantitative estimate of drug-likeness (QED) is 0.291. The van der Waals surface area contributed by atoms with Gasteiger partial charge in [-0.1, -0.05) is 59.2 Å². The van der Waals surface area contributed by atoms with Crippen molar-refractivity contribution in [1.29, 1.82) is 0 Å². The van der Waals surface area contributed by atoms with Gasteiger partial charge < -0.3 is 14.4 Å². The molecule has 0 spiro atoms. The smallest absolute Gasteiger partial charge is 0.411 e. The number of anilines is 1. The molecule has 2 heterocycles. The van der Waals surface area contributed by atoms with Crippen molar-refractivity contribution in [3.8, 4) is 11.3 Å². The van der Waals surface area contributed by atoms with E-state index in [1.807, 2.05) is 48.5 Å². The van der Waals surface area contributed by atoms with Crippen LogP contribution in [-0.4, -0.2) is 28.9 Å². The van der Waals surface area contributed by atoms with E-state index in [4.69, 9.17) is 26.0 Å². The fourth-order valence-electron chi connectivity index (χ4n) is 3.38. The molecule has 2 aromatic heterocycles. The number of aromatic nitrogens is 1. The van der Waals surface area contributed by atoms with Gasteiger partial charge in [0, 0.05) is 28.3 Å². The zero-order valence-electron chi connectivity index (χ0n) is 18.2. The Balaban J connectivity index is 1.39. The summed E-state index contributed by atoms with van der Waals surface area (Å²) in [7, 11) is 0. The van der Waals surface area contributed by atoms with Gasteiger partial charge in [0.25, 0.3) is 0 Å². The van der Waals surface area contributed by atoms with Crippen molar-refractivity contribution in [2.45, 2.75) is 19.8 Å². The summed E-state index contributed by atoms with van der Waals surface area (Å²) in [6.07, 6.45) is 0.518. The molecular weight excluding hydrogens is 476 g/mol. The van der Waals surface area contributed by atoms with Crippen LogP contribution in [0.15, 0.2) is 65.2 Å². The van der Waals surface area contributed by atoms with Crippen LogP contribution in [0, 0.1) is 6.92 Å². The van der Waals surface area contributed by atoms with Gasteiger partial charge in [0.15, 0.2) is 5.76 Å². The number of carbonyl (C=O) groups is 2. The molecule has 0 radical (unpaired) electrons. The minimum Gasteiger partial charge on any atom is -0.477 e. The maximum Gasteiger partial charge on any atom is 0.411 e. The number of amides is 1. The number of aromatic carboxylic acids is 1. The molecule has 0 aliphatic carbocycles. The summed E-state index contributed by atoms with van der Waals surface area (Å²) in [4.78, 5) is 24.7. The summed E-state index contributed by atoms with van der Waals surface area (Å²) in [5.41, 5.74) is 3.64. The second-order valence-corrected chi connectivity index (χ2v) is 9.09. The van der Waals surface area contributed by atoms with Gasteiger partial charge in [-0.3, -0.25) is 5.32 Å². The van der Waals surface area contributed by atoms with E-state index in [0.717, 1.165) is 21.6 Å². The van der Waals surface area contributed by atoms with Gasteiger partial charge in [0.1, 0.15) is 16.3 Å².